The molecule has 0 aromatic carbocycles. The first-order valence-electron chi connectivity index (χ1n) is 4.26. The van der Waals surface area contributed by atoms with Crippen molar-refractivity contribution >= 4 is 31.1 Å². The minimum absolute atomic E-state index is 1.16. The molecule has 1 aromatic heterocycles. The summed E-state index contributed by atoms with van der Waals surface area (Å²) in [7, 11) is -1.20. The number of hydrogen-bond donors (Lipinski definition) is 1. The first-order valence-corrected chi connectivity index (χ1v) is 7.26. The van der Waals surface area contributed by atoms with Crippen LogP contribution in [0.1, 0.15) is 5.56 Å². The predicted octanol–water partition coefficient (Wildman–Crippen LogP) is 0.0707. The van der Waals surface area contributed by atoms with E-state index < -0.39 is 8.07 Å². The number of aromatic amines is 1. The molecule has 1 aromatic rings. The second kappa shape index (κ2) is 1.52. The van der Waals surface area contributed by atoms with Crippen molar-refractivity contribution in [3.05, 3.63) is 22.3 Å². The van der Waals surface area contributed by atoms with E-state index >= 15 is 0 Å². The Morgan fingerprint density at radius 3 is 2.83 bits per heavy atom. The Morgan fingerprint density at radius 2 is 2.08 bits per heavy atom. The summed E-state index contributed by atoms with van der Waals surface area (Å²) in [6.45, 7) is 8.84. The summed E-state index contributed by atoms with van der Waals surface area (Å²) in [5, 5.41) is 5.61. The molecule has 0 atom stereocenters. The molecule has 0 saturated carbocycles. The molecule has 1 nitrogen and oxygen atoms in total. The van der Waals surface area contributed by atoms with Crippen LogP contribution < -0.4 is 15.9 Å². The van der Waals surface area contributed by atoms with Gasteiger partial charge in [0.2, 0.25) is 0 Å². The lowest BCUT2D eigenvalue weighted by Crippen LogP contribution is -2.59. The summed E-state index contributed by atoms with van der Waals surface area (Å²) in [5.41, 5.74) is 1.48. The van der Waals surface area contributed by atoms with Crippen molar-refractivity contribution in [1.82, 2.24) is 4.98 Å². The first-order chi connectivity index (χ1) is 5.62. The fourth-order valence-electron chi connectivity index (χ4n) is 2.51. The van der Waals surface area contributed by atoms with Crippen molar-refractivity contribution in [3.8, 4) is 0 Å². The van der Waals surface area contributed by atoms with Gasteiger partial charge in [-0.15, -0.1) is 0 Å². The van der Waals surface area contributed by atoms with Gasteiger partial charge in [0.1, 0.15) is 8.07 Å². The number of aromatic nitrogens is 1. The largest absolute Gasteiger partial charge is 0.356 e. The number of H-pyrrole nitrogens is 1. The zero-order valence-corrected chi connectivity index (χ0v) is 8.36. The maximum Gasteiger partial charge on any atom is 0.116 e. The zero-order valence-electron chi connectivity index (χ0n) is 7.36. The molecule has 2 heteroatoms. The van der Waals surface area contributed by atoms with Crippen LogP contribution in [0.4, 0.5) is 0 Å². The lowest BCUT2D eigenvalue weighted by Gasteiger charge is -2.35. The van der Waals surface area contributed by atoms with E-state index in [0.717, 1.165) is 5.35 Å². The highest BCUT2D eigenvalue weighted by Crippen LogP contribution is 2.33. The minimum atomic E-state index is -1.20. The van der Waals surface area contributed by atoms with E-state index in [1.54, 1.807) is 10.4 Å². The van der Waals surface area contributed by atoms with Crippen LogP contribution in [-0.4, -0.2) is 13.1 Å². The van der Waals surface area contributed by atoms with Crippen LogP contribution in [-0.2, 0) is 0 Å². The van der Waals surface area contributed by atoms with Crippen molar-refractivity contribution < 1.29 is 0 Å². The van der Waals surface area contributed by atoms with Gasteiger partial charge in [0, 0.05) is 10.7 Å². The van der Waals surface area contributed by atoms with Crippen LogP contribution in [0.2, 0.25) is 13.1 Å². The Morgan fingerprint density at radius 1 is 1.33 bits per heavy atom. The van der Waals surface area contributed by atoms with Gasteiger partial charge in [-0.05, 0) is 22.0 Å². The molecule has 12 heavy (non-hydrogen) atoms. The lowest BCUT2D eigenvalue weighted by molar-refractivity contribution is 1.28. The Kier molecular flexibility index (Phi) is 0.823. The molecule has 2 heterocycles. The molecule has 0 spiro atoms. The van der Waals surface area contributed by atoms with E-state index in [2.05, 4.69) is 36.8 Å². The summed E-state index contributed by atoms with van der Waals surface area (Å²) in [6.07, 6.45) is 4.46. The summed E-state index contributed by atoms with van der Waals surface area (Å²) in [4.78, 5) is 3.34. The molecule has 1 N–H and O–H groups in total. The lowest BCUT2D eigenvalue weighted by atomic mass is 10.3. The molecule has 0 radical (unpaired) electrons. The number of hydrogen-bond acceptors (Lipinski definition) is 0. The maximum absolute atomic E-state index is 4.05. The Bertz CT molecular complexity index is 517. The van der Waals surface area contributed by atoms with Gasteiger partial charge in [-0.25, -0.2) is 0 Å². The van der Waals surface area contributed by atoms with Gasteiger partial charge >= 0.3 is 0 Å². The average Bonchev–Trinajstić information content (AvgIpc) is 2.39. The van der Waals surface area contributed by atoms with Crippen LogP contribution in [0.5, 0.6) is 0 Å². The van der Waals surface area contributed by atoms with Crippen LogP contribution in [0, 0.1) is 0 Å². The van der Waals surface area contributed by atoms with E-state index in [-0.39, 0.29) is 0 Å². The summed E-state index contributed by atoms with van der Waals surface area (Å²) in [6, 6.07) is 0. The molecular weight excluding hydrogens is 162 g/mol. The van der Waals surface area contributed by atoms with Crippen LogP contribution in [0.25, 0.3) is 17.9 Å². The van der Waals surface area contributed by atoms with Crippen molar-refractivity contribution in [3.63, 3.8) is 0 Å². The molecule has 0 fully saturated rings. The molecular formula is C10H11NSi. The van der Waals surface area contributed by atoms with Gasteiger partial charge < -0.3 is 4.98 Å². The molecule has 0 unspecified atom stereocenters. The van der Waals surface area contributed by atoms with E-state index in [4.69, 9.17) is 0 Å². The molecule has 60 valence electrons. The highest BCUT2D eigenvalue weighted by atomic mass is 28.3. The first kappa shape index (κ1) is 6.49. The SMILES string of the molecule is C=c1[nH]c2c3c1[Si](C)(C)C3=CC=2. The van der Waals surface area contributed by atoms with Gasteiger partial charge in [0.15, 0.2) is 0 Å². The van der Waals surface area contributed by atoms with E-state index in [1.165, 1.54) is 10.9 Å². The Hall–Kier alpha value is -1.02. The summed E-state index contributed by atoms with van der Waals surface area (Å²) >= 11 is 0. The third-order valence-electron chi connectivity index (χ3n) is 3.09. The Balaban J connectivity index is 2.58. The number of rotatable bonds is 0. The minimum Gasteiger partial charge on any atom is -0.356 e. The van der Waals surface area contributed by atoms with Gasteiger partial charge in [0.25, 0.3) is 0 Å². The van der Waals surface area contributed by atoms with Crippen molar-refractivity contribution in [2.75, 3.05) is 0 Å². The molecule has 1 aliphatic heterocycles. The van der Waals surface area contributed by atoms with E-state index in [1.807, 2.05) is 0 Å². The monoisotopic (exact) mass is 173 g/mol. The fourth-order valence-corrected chi connectivity index (χ4v) is 5.69. The normalized spacial score (nSPS) is 21.0. The maximum atomic E-state index is 4.05. The van der Waals surface area contributed by atoms with Crippen molar-refractivity contribution in [2.24, 2.45) is 0 Å². The fraction of sp³-hybridized carbons (Fsp3) is 0.200. The van der Waals surface area contributed by atoms with Gasteiger partial charge in [-0.3, -0.25) is 0 Å². The number of nitrogens with one attached hydrogen (secondary N) is 1. The summed E-state index contributed by atoms with van der Waals surface area (Å²) in [5.74, 6) is 0. The predicted molar refractivity (Wildman–Crippen MR) is 55.1 cm³/mol. The van der Waals surface area contributed by atoms with Crippen molar-refractivity contribution in [2.45, 2.75) is 13.1 Å². The quantitative estimate of drug-likeness (QED) is 0.534. The van der Waals surface area contributed by atoms with Crippen LogP contribution in [0.3, 0.4) is 0 Å². The van der Waals surface area contributed by atoms with Gasteiger partial charge in [-0.1, -0.05) is 25.7 Å². The number of allylic oxidation sites excluding steroid dienone is 1. The van der Waals surface area contributed by atoms with Crippen LogP contribution >= 0.6 is 0 Å². The molecule has 0 saturated heterocycles. The van der Waals surface area contributed by atoms with Gasteiger partial charge in [-0.2, -0.15) is 0 Å². The molecule has 3 rings (SSSR count). The second-order valence-corrected chi connectivity index (χ2v) is 8.43. The van der Waals surface area contributed by atoms with Crippen LogP contribution in [0.15, 0.2) is 6.08 Å². The highest BCUT2D eigenvalue weighted by Gasteiger charge is 2.45. The third-order valence-corrected chi connectivity index (χ3v) is 6.66. The average molecular weight is 173 g/mol. The smallest absolute Gasteiger partial charge is 0.116 e. The molecule has 0 bridgehead atoms. The molecule has 2 aliphatic rings. The Labute approximate surface area is 72.1 Å². The molecule has 1 aliphatic carbocycles. The molecule has 0 amide bonds. The van der Waals surface area contributed by atoms with E-state index in [9.17, 15) is 0 Å². The summed E-state index contributed by atoms with van der Waals surface area (Å²) < 4.78 is 0. The highest BCUT2D eigenvalue weighted by molar-refractivity contribution is 7.10. The van der Waals surface area contributed by atoms with Gasteiger partial charge in [0.05, 0.1) is 0 Å². The zero-order chi connectivity index (χ0) is 8.51. The topological polar surface area (TPSA) is 15.8 Å². The third kappa shape index (κ3) is 0.441. The van der Waals surface area contributed by atoms with Crippen molar-refractivity contribution in [1.29, 1.82) is 0 Å². The second-order valence-electron chi connectivity index (χ2n) is 4.14. The standard InChI is InChI=1S/C10H11NSi/c1-6-10-9-7(11-6)4-5-8(9)12(10,2)3/h4-5,11H,1H2,2-3H3. The van der Waals surface area contributed by atoms with E-state index in [0.29, 0.717) is 0 Å².